The highest BCUT2D eigenvalue weighted by Crippen LogP contribution is 2.28. The molecule has 0 fully saturated rings. The summed E-state index contributed by atoms with van der Waals surface area (Å²) in [5.74, 6) is 0.0542. The minimum Gasteiger partial charge on any atom is -0.383 e. The molecule has 0 radical (unpaired) electrons. The van der Waals surface area contributed by atoms with E-state index in [1.54, 1.807) is 7.11 Å². The molecule has 3 rings (SSSR count). The molecular weight excluding hydrogens is 350 g/mol. The second kappa shape index (κ2) is 9.87. The Labute approximate surface area is 168 Å². The molecule has 1 aliphatic carbocycles. The van der Waals surface area contributed by atoms with Crippen LogP contribution in [0.4, 0.5) is 0 Å². The lowest BCUT2D eigenvalue weighted by Crippen LogP contribution is -2.42. The van der Waals surface area contributed by atoms with Gasteiger partial charge in [-0.3, -0.25) is 4.79 Å². The monoisotopic (exact) mass is 383 g/mol. The first-order valence-corrected chi connectivity index (χ1v) is 10.7. The zero-order valence-corrected chi connectivity index (χ0v) is 17.5. The van der Waals surface area contributed by atoms with Crippen molar-refractivity contribution in [2.75, 3.05) is 20.3 Å². The molecule has 1 aliphatic rings. The third-order valence-electron chi connectivity index (χ3n) is 5.81. The molecule has 0 atom stereocenters. The Balaban J connectivity index is 2.04. The Bertz CT molecular complexity index is 766. The van der Waals surface area contributed by atoms with Gasteiger partial charge in [-0.15, -0.1) is 0 Å². The molecule has 0 saturated heterocycles. The van der Waals surface area contributed by atoms with Crippen molar-refractivity contribution in [1.82, 2.24) is 14.7 Å². The summed E-state index contributed by atoms with van der Waals surface area (Å²) < 4.78 is 7.29. The average molecular weight is 384 g/mol. The van der Waals surface area contributed by atoms with E-state index in [0.717, 1.165) is 49.8 Å². The van der Waals surface area contributed by atoms with Crippen LogP contribution in [0.1, 0.15) is 67.7 Å². The van der Waals surface area contributed by atoms with Gasteiger partial charge in [0.15, 0.2) is 5.69 Å². The fourth-order valence-electron chi connectivity index (χ4n) is 4.24. The molecule has 5 nitrogen and oxygen atoms in total. The predicted octanol–water partition coefficient (Wildman–Crippen LogP) is 4.42. The van der Waals surface area contributed by atoms with E-state index in [1.807, 2.05) is 27.8 Å². The van der Waals surface area contributed by atoms with Gasteiger partial charge < -0.3 is 9.64 Å². The van der Waals surface area contributed by atoms with Crippen LogP contribution in [0.25, 0.3) is 5.69 Å². The van der Waals surface area contributed by atoms with Crippen molar-refractivity contribution in [3.63, 3.8) is 0 Å². The lowest BCUT2D eigenvalue weighted by atomic mass is 10.0. The number of methoxy groups -OCH3 is 1. The Hall–Kier alpha value is -2.14. The van der Waals surface area contributed by atoms with Crippen molar-refractivity contribution >= 4 is 5.91 Å². The summed E-state index contributed by atoms with van der Waals surface area (Å²) in [6.07, 6.45) is 7.27. The van der Waals surface area contributed by atoms with Gasteiger partial charge in [-0.25, -0.2) is 4.68 Å². The minimum absolute atomic E-state index is 0.0542. The lowest BCUT2D eigenvalue weighted by Gasteiger charge is -2.30. The molecular formula is C23H33N3O2. The highest BCUT2D eigenvalue weighted by atomic mass is 16.5. The summed E-state index contributed by atoms with van der Waals surface area (Å²) in [7, 11) is 1.69. The third kappa shape index (κ3) is 4.30. The number of para-hydroxylation sites is 1. The highest BCUT2D eigenvalue weighted by Gasteiger charge is 2.30. The van der Waals surface area contributed by atoms with Gasteiger partial charge in [-0.2, -0.15) is 5.10 Å². The first-order valence-electron chi connectivity index (χ1n) is 10.7. The SMILES string of the molecule is CCC(CC)N(CCOC)C(=O)c1nn(-c2ccccc2)c2c1CCCCC2. The van der Waals surface area contributed by atoms with Crippen LogP contribution in [0.15, 0.2) is 30.3 Å². The number of rotatable bonds is 8. The summed E-state index contributed by atoms with van der Waals surface area (Å²) >= 11 is 0. The van der Waals surface area contributed by atoms with Crippen LogP contribution < -0.4 is 0 Å². The van der Waals surface area contributed by atoms with Gasteiger partial charge in [0.2, 0.25) is 0 Å². The Morgan fingerprint density at radius 1 is 1.14 bits per heavy atom. The molecule has 1 heterocycles. The maximum absolute atomic E-state index is 13.6. The number of benzene rings is 1. The molecule has 0 N–H and O–H groups in total. The molecule has 0 spiro atoms. The van der Waals surface area contributed by atoms with Crippen LogP contribution in [0.2, 0.25) is 0 Å². The van der Waals surface area contributed by atoms with E-state index in [4.69, 9.17) is 9.84 Å². The lowest BCUT2D eigenvalue weighted by molar-refractivity contribution is 0.0582. The second-order valence-corrected chi connectivity index (χ2v) is 7.54. The van der Waals surface area contributed by atoms with E-state index in [1.165, 1.54) is 12.1 Å². The van der Waals surface area contributed by atoms with Crippen LogP contribution in [-0.4, -0.2) is 46.9 Å². The van der Waals surface area contributed by atoms with Gasteiger partial charge in [0, 0.05) is 31.0 Å². The summed E-state index contributed by atoms with van der Waals surface area (Å²) in [4.78, 5) is 15.6. The summed E-state index contributed by atoms with van der Waals surface area (Å²) in [6.45, 7) is 5.44. The first kappa shape index (κ1) is 20.6. The van der Waals surface area contributed by atoms with Crippen molar-refractivity contribution in [1.29, 1.82) is 0 Å². The third-order valence-corrected chi connectivity index (χ3v) is 5.81. The van der Waals surface area contributed by atoms with Crippen LogP contribution in [0.3, 0.4) is 0 Å². The quantitative estimate of drug-likeness (QED) is 0.634. The summed E-state index contributed by atoms with van der Waals surface area (Å²) in [5.41, 5.74) is 4.04. The molecule has 0 bridgehead atoms. The summed E-state index contributed by atoms with van der Waals surface area (Å²) in [5, 5.41) is 4.87. The number of fused-ring (bicyclic) bond motifs is 1. The van der Waals surface area contributed by atoms with E-state index in [2.05, 4.69) is 26.0 Å². The fraction of sp³-hybridized carbons (Fsp3) is 0.565. The van der Waals surface area contributed by atoms with Crippen LogP contribution in [-0.2, 0) is 17.6 Å². The molecule has 5 heteroatoms. The standard InChI is InChI=1S/C23H33N3O2/c1-4-18(5-2)25(16-17-28-3)23(27)22-20-14-10-7-11-15-21(20)26(24-22)19-12-8-6-9-13-19/h6,8-9,12-13,18H,4-5,7,10-11,14-17H2,1-3H3. The molecule has 1 aromatic carbocycles. The zero-order valence-electron chi connectivity index (χ0n) is 17.5. The number of ether oxygens (including phenoxy) is 1. The van der Waals surface area contributed by atoms with Crippen LogP contribution >= 0.6 is 0 Å². The van der Waals surface area contributed by atoms with Gasteiger partial charge in [0.05, 0.1) is 12.3 Å². The normalized spacial score (nSPS) is 14.0. The van der Waals surface area contributed by atoms with Gasteiger partial charge >= 0.3 is 0 Å². The number of aromatic nitrogens is 2. The Morgan fingerprint density at radius 3 is 2.54 bits per heavy atom. The minimum atomic E-state index is 0.0542. The number of nitrogens with zero attached hydrogens (tertiary/aromatic N) is 3. The van der Waals surface area contributed by atoms with Gasteiger partial charge in [-0.05, 0) is 50.7 Å². The van der Waals surface area contributed by atoms with E-state index in [-0.39, 0.29) is 11.9 Å². The largest absolute Gasteiger partial charge is 0.383 e. The Morgan fingerprint density at radius 2 is 1.86 bits per heavy atom. The smallest absolute Gasteiger partial charge is 0.274 e. The van der Waals surface area contributed by atoms with Crippen molar-refractivity contribution < 1.29 is 9.53 Å². The number of carbonyl (C=O) groups is 1. The van der Waals surface area contributed by atoms with E-state index in [9.17, 15) is 4.79 Å². The topological polar surface area (TPSA) is 47.4 Å². The van der Waals surface area contributed by atoms with Crippen molar-refractivity contribution in [2.24, 2.45) is 0 Å². The molecule has 0 aliphatic heterocycles. The van der Waals surface area contributed by atoms with Gasteiger partial charge in [-0.1, -0.05) is 38.5 Å². The average Bonchev–Trinajstić information content (AvgIpc) is 2.92. The number of amides is 1. The van der Waals surface area contributed by atoms with E-state index < -0.39 is 0 Å². The Kier molecular flexibility index (Phi) is 7.26. The van der Waals surface area contributed by atoms with Crippen LogP contribution in [0.5, 0.6) is 0 Å². The number of carbonyl (C=O) groups excluding carboxylic acids is 1. The fourth-order valence-corrected chi connectivity index (χ4v) is 4.24. The van der Waals surface area contributed by atoms with E-state index in [0.29, 0.717) is 18.8 Å². The van der Waals surface area contributed by atoms with Gasteiger partial charge in [0.1, 0.15) is 0 Å². The molecule has 1 amide bonds. The highest BCUT2D eigenvalue weighted by molar-refractivity contribution is 5.94. The predicted molar refractivity (Wildman–Crippen MR) is 112 cm³/mol. The first-order chi connectivity index (χ1) is 13.7. The zero-order chi connectivity index (χ0) is 19.9. The van der Waals surface area contributed by atoms with Crippen molar-refractivity contribution in [3.05, 3.63) is 47.3 Å². The van der Waals surface area contributed by atoms with Crippen LogP contribution in [0, 0.1) is 0 Å². The van der Waals surface area contributed by atoms with E-state index >= 15 is 0 Å². The maximum Gasteiger partial charge on any atom is 0.274 e. The summed E-state index contributed by atoms with van der Waals surface area (Å²) in [6, 6.07) is 10.4. The maximum atomic E-state index is 13.6. The molecule has 152 valence electrons. The number of hydrogen-bond acceptors (Lipinski definition) is 3. The molecule has 2 aromatic rings. The molecule has 28 heavy (non-hydrogen) atoms. The second-order valence-electron chi connectivity index (χ2n) is 7.54. The number of hydrogen-bond donors (Lipinski definition) is 0. The van der Waals surface area contributed by atoms with Crippen molar-refractivity contribution in [3.8, 4) is 5.69 Å². The van der Waals surface area contributed by atoms with Crippen molar-refractivity contribution in [2.45, 2.75) is 64.8 Å². The molecule has 0 unspecified atom stereocenters. The van der Waals surface area contributed by atoms with Gasteiger partial charge in [0.25, 0.3) is 5.91 Å². The molecule has 0 saturated carbocycles. The molecule has 1 aromatic heterocycles.